The number of fused-ring (bicyclic) bond motifs is 2. The Morgan fingerprint density at radius 3 is 2.50 bits per heavy atom. The number of nitrogens with zero attached hydrogens (tertiary/aromatic N) is 4. The van der Waals surface area contributed by atoms with Crippen molar-refractivity contribution in [2.24, 2.45) is 14.1 Å². The zero-order chi connectivity index (χ0) is 18.3. The van der Waals surface area contributed by atoms with E-state index in [1.165, 1.54) is 11.7 Å². The van der Waals surface area contributed by atoms with Crippen LogP contribution >= 0.6 is 0 Å². The number of carbonyl (C=O) groups excluding carboxylic acids is 1. The van der Waals surface area contributed by atoms with Gasteiger partial charge in [0.2, 0.25) is 0 Å². The molecule has 0 fully saturated rings. The first kappa shape index (κ1) is 16.0. The van der Waals surface area contributed by atoms with Gasteiger partial charge in [0.15, 0.2) is 5.69 Å². The molecule has 0 aliphatic carbocycles. The molecule has 4 rings (SSSR count). The molecule has 0 spiro atoms. The molecule has 130 valence electrons. The molecule has 0 aliphatic heterocycles. The Kier molecular flexibility index (Phi) is 3.76. The van der Waals surface area contributed by atoms with E-state index in [-0.39, 0.29) is 23.7 Å². The van der Waals surface area contributed by atoms with Crippen molar-refractivity contribution in [1.82, 2.24) is 24.6 Å². The maximum Gasteiger partial charge on any atom is 0.274 e. The first-order chi connectivity index (χ1) is 12.6. The van der Waals surface area contributed by atoms with Crippen LogP contribution in [0.5, 0.6) is 0 Å². The van der Waals surface area contributed by atoms with Gasteiger partial charge in [0.25, 0.3) is 11.5 Å². The number of rotatable bonds is 3. The van der Waals surface area contributed by atoms with E-state index in [1.54, 1.807) is 24.3 Å². The minimum Gasteiger partial charge on any atom is -0.343 e. The van der Waals surface area contributed by atoms with Crippen LogP contribution in [0.15, 0.2) is 53.3 Å². The number of hydrogen-bond acceptors (Lipinski definition) is 4. The van der Waals surface area contributed by atoms with Crippen LogP contribution in [-0.2, 0) is 20.6 Å². The van der Waals surface area contributed by atoms with Crippen molar-refractivity contribution in [3.63, 3.8) is 0 Å². The molecule has 0 saturated carbocycles. The zero-order valence-corrected chi connectivity index (χ0v) is 14.4. The maximum absolute atomic E-state index is 12.7. The van der Waals surface area contributed by atoms with E-state index < -0.39 is 0 Å². The summed E-state index contributed by atoms with van der Waals surface area (Å²) in [5.74, 6) is 0.400. The topological polar surface area (TPSA) is 81.8 Å². The van der Waals surface area contributed by atoms with Crippen LogP contribution in [-0.4, -0.2) is 25.2 Å². The molecule has 0 bridgehead atoms. The van der Waals surface area contributed by atoms with Gasteiger partial charge in [-0.05, 0) is 18.2 Å². The molecule has 0 atom stereocenters. The fourth-order valence-corrected chi connectivity index (χ4v) is 3.06. The first-order valence-corrected chi connectivity index (χ1v) is 8.21. The second-order valence-corrected chi connectivity index (χ2v) is 6.08. The first-order valence-electron chi connectivity index (χ1n) is 8.21. The summed E-state index contributed by atoms with van der Waals surface area (Å²) in [5.41, 5.74) is 1.88. The summed E-state index contributed by atoms with van der Waals surface area (Å²) >= 11 is 0. The number of amides is 1. The molecule has 1 amide bonds. The monoisotopic (exact) mass is 347 g/mol. The van der Waals surface area contributed by atoms with Crippen LogP contribution < -0.4 is 10.9 Å². The summed E-state index contributed by atoms with van der Waals surface area (Å²) in [4.78, 5) is 29.4. The fourth-order valence-electron chi connectivity index (χ4n) is 3.06. The van der Waals surface area contributed by atoms with Crippen LogP contribution in [0.25, 0.3) is 21.8 Å². The highest BCUT2D eigenvalue weighted by molar-refractivity contribution is 6.04. The van der Waals surface area contributed by atoms with Crippen molar-refractivity contribution >= 4 is 27.7 Å². The van der Waals surface area contributed by atoms with Crippen molar-refractivity contribution in [3.05, 3.63) is 70.4 Å². The third-order valence-electron chi connectivity index (χ3n) is 4.46. The van der Waals surface area contributed by atoms with Gasteiger partial charge in [0, 0.05) is 19.5 Å². The van der Waals surface area contributed by atoms with Crippen LogP contribution in [0.3, 0.4) is 0 Å². The SMILES string of the molecule is Cn1nc(C(=O)NCc2nc3ccccc3n2C)c2ccccc2c1=O. The summed E-state index contributed by atoms with van der Waals surface area (Å²) in [7, 11) is 3.45. The lowest BCUT2D eigenvalue weighted by Gasteiger charge is -2.09. The quantitative estimate of drug-likeness (QED) is 0.612. The second-order valence-electron chi connectivity index (χ2n) is 6.08. The van der Waals surface area contributed by atoms with Crippen molar-refractivity contribution in [3.8, 4) is 0 Å². The molecule has 2 aromatic carbocycles. The van der Waals surface area contributed by atoms with E-state index in [1.807, 2.05) is 35.9 Å². The van der Waals surface area contributed by atoms with Gasteiger partial charge >= 0.3 is 0 Å². The van der Waals surface area contributed by atoms with Gasteiger partial charge in [0.1, 0.15) is 5.82 Å². The molecule has 2 aromatic heterocycles. The largest absolute Gasteiger partial charge is 0.343 e. The average molecular weight is 347 g/mol. The van der Waals surface area contributed by atoms with Crippen LogP contribution in [0.4, 0.5) is 0 Å². The molecule has 7 heteroatoms. The summed E-state index contributed by atoms with van der Waals surface area (Å²) in [6.45, 7) is 0.267. The van der Waals surface area contributed by atoms with E-state index in [4.69, 9.17) is 0 Å². The van der Waals surface area contributed by atoms with E-state index >= 15 is 0 Å². The minimum absolute atomic E-state index is 0.224. The molecule has 4 aromatic rings. The Morgan fingerprint density at radius 1 is 1.04 bits per heavy atom. The molecule has 0 aliphatic rings. The van der Waals surface area contributed by atoms with Gasteiger partial charge in [-0.15, -0.1) is 0 Å². The lowest BCUT2D eigenvalue weighted by atomic mass is 10.1. The highest BCUT2D eigenvalue weighted by atomic mass is 16.2. The van der Waals surface area contributed by atoms with Gasteiger partial charge in [-0.3, -0.25) is 9.59 Å². The highest BCUT2D eigenvalue weighted by Crippen LogP contribution is 2.15. The Labute approximate surface area is 148 Å². The van der Waals surface area contributed by atoms with Gasteiger partial charge in [-0.2, -0.15) is 5.10 Å². The van der Waals surface area contributed by atoms with E-state index in [9.17, 15) is 9.59 Å². The smallest absolute Gasteiger partial charge is 0.274 e. The molecule has 26 heavy (non-hydrogen) atoms. The third-order valence-corrected chi connectivity index (χ3v) is 4.46. The lowest BCUT2D eigenvalue weighted by molar-refractivity contribution is 0.0944. The lowest BCUT2D eigenvalue weighted by Crippen LogP contribution is -2.29. The minimum atomic E-state index is -0.344. The Balaban J connectivity index is 1.67. The molecule has 0 unspecified atom stereocenters. The Morgan fingerprint density at radius 2 is 1.73 bits per heavy atom. The van der Waals surface area contributed by atoms with Crippen molar-refractivity contribution in [2.45, 2.75) is 6.54 Å². The van der Waals surface area contributed by atoms with Crippen LogP contribution in [0.1, 0.15) is 16.3 Å². The van der Waals surface area contributed by atoms with Gasteiger partial charge in [-0.25, -0.2) is 9.67 Å². The molecule has 7 nitrogen and oxygen atoms in total. The zero-order valence-electron chi connectivity index (χ0n) is 14.4. The Bertz CT molecular complexity index is 1210. The number of aryl methyl sites for hydroxylation is 2. The molecule has 2 heterocycles. The van der Waals surface area contributed by atoms with Crippen molar-refractivity contribution < 1.29 is 4.79 Å². The van der Waals surface area contributed by atoms with Crippen molar-refractivity contribution in [2.75, 3.05) is 0 Å². The maximum atomic E-state index is 12.7. The van der Waals surface area contributed by atoms with Crippen molar-refractivity contribution in [1.29, 1.82) is 0 Å². The number of imidazole rings is 1. The standard InChI is InChI=1S/C19H17N5O2/c1-23-15-10-6-5-9-14(15)21-16(23)11-20-18(25)17-12-7-3-4-8-13(12)19(26)24(2)22-17/h3-10H,11H2,1-2H3,(H,20,25). The summed E-state index contributed by atoms with van der Waals surface area (Å²) < 4.78 is 3.13. The summed E-state index contributed by atoms with van der Waals surface area (Å²) in [5, 5.41) is 8.01. The van der Waals surface area contributed by atoms with E-state index in [0.717, 1.165) is 16.9 Å². The Hall–Kier alpha value is -3.48. The summed E-state index contributed by atoms with van der Waals surface area (Å²) in [6.07, 6.45) is 0. The van der Waals surface area contributed by atoms with Crippen LogP contribution in [0, 0.1) is 0 Å². The van der Waals surface area contributed by atoms with Gasteiger partial charge in [0.05, 0.1) is 23.0 Å². The normalized spacial score (nSPS) is 11.2. The molecular formula is C19H17N5O2. The summed E-state index contributed by atoms with van der Waals surface area (Å²) in [6, 6.07) is 14.8. The predicted molar refractivity (Wildman–Crippen MR) is 98.9 cm³/mol. The highest BCUT2D eigenvalue weighted by Gasteiger charge is 2.16. The number of para-hydroxylation sites is 2. The average Bonchev–Trinajstić information content (AvgIpc) is 2.99. The van der Waals surface area contributed by atoms with Crippen LogP contribution in [0.2, 0.25) is 0 Å². The number of hydrogen-bond donors (Lipinski definition) is 1. The second kappa shape index (κ2) is 6.11. The molecule has 0 saturated heterocycles. The molecular weight excluding hydrogens is 330 g/mol. The van der Waals surface area contributed by atoms with Gasteiger partial charge in [-0.1, -0.05) is 30.3 Å². The number of aromatic nitrogens is 4. The number of benzene rings is 2. The number of nitrogens with one attached hydrogen (secondary N) is 1. The molecule has 0 radical (unpaired) electrons. The molecule has 1 N–H and O–H groups in total. The predicted octanol–water partition coefficient (Wildman–Crippen LogP) is 1.75. The van der Waals surface area contributed by atoms with Gasteiger partial charge < -0.3 is 9.88 Å². The number of carbonyl (C=O) groups is 1. The fraction of sp³-hybridized carbons (Fsp3) is 0.158. The van der Waals surface area contributed by atoms with E-state index in [2.05, 4.69) is 15.4 Å². The van der Waals surface area contributed by atoms with E-state index in [0.29, 0.717) is 10.8 Å². The third kappa shape index (κ3) is 2.54.